The van der Waals surface area contributed by atoms with E-state index in [1.165, 1.54) is 16.6 Å². The van der Waals surface area contributed by atoms with Crippen LogP contribution in [-0.2, 0) is 13.0 Å². The van der Waals surface area contributed by atoms with Crippen LogP contribution in [0.3, 0.4) is 0 Å². The fourth-order valence-electron chi connectivity index (χ4n) is 3.64. The topological polar surface area (TPSA) is 54.6 Å². The van der Waals surface area contributed by atoms with Gasteiger partial charge in [0.1, 0.15) is 0 Å². The molecule has 140 valence electrons. The van der Waals surface area contributed by atoms with Gasteiger partial charge in [-0.3, -0.25) is 4.79 Å². The maximum Gasteiger partial charge on any atom is 0.254 e. The molecule has 1 aromatic heterocycles. The van der Waals surface area contributed by atoms with Crippen LogP contribution in [0.15, 0.2) is 40.9 Å². The first-order valence-electron chi connectivity index (χ1n) is 9.00. The van der Waals surface area contributed by atoms with Crippen LogP contribution in [0.2, 0.25) is 0 Å². The van der Waals surface area contributed by atoms with Crippen molar-refractivity contribution in [3.05, 3.63) is 57.7 Å². The van der Waals surface area contributed by atoms with Crippen LogP contribution >= 0.6 is 15.9 Å². The zero-order chi connectivity index (χ0) is 19.0. The molecular weight excluding hydrogens is 408 g/mol. The number of fused-ring (bicyclic) bond motifs is 3. The Morgan fingerprint density at radius 3 is 2.89 bits per heavy atom. The number of methoxy groups -OCH3 is 1. The van der Waals surface area contributed by atoms with E-state index in [0.717, 1.165) is 16.4 Å². The van der Waals surface area contributed by atoms with E-state index in [4.69, 9.17) is 9.47 Å². The molecule has 0 bridgehead atoms. The average molecular weight is 429 g/mol. The summed E-state index contributed by atoms with van der Waals surface area (Å²) in [5.74, 6) is 1.24. The lowest BCUT2D eigenvalue weighted by Gasteiger charge is -2.27. The molecule has 0 unspecified atom stereocenters. The molecule has 0 spiro atoms. The van der Waals surface area contributed by atoms with Crippen molar-refractivity contribution in [2.45, 2.75) is 19.9 Å². The molecule has 3 aromatic rings. The molecule has 27 heavy (non-hydrogen) atoms. The number of ether oxygens (including phenoxy) is 2. The van der Waals surface area contributed by atoms with Gasteiger partial charge >= 0.3 is 0 Å². The first-order valence-corrected chi connectivity index (χ1v) is 9.79. The number of amides is 1. The Morgan fingerprint density at radius 2 is 2.11 bits per heavy atom. The van der Waals surface area contributed by atoms with Gasteiger partial charge < -0.3 is 19.4 Å². The highest BCUT2D eigenvalue weighted by atomic mass is 79.9. The van der Waals surface area contributed by atoms with Crippen LogP contribution in [0.4, 0.5) is 0 Å². The molecule has 1 aliphatic rings. The van der Waals surface area contributed by atoms with Crippen molar-refractivity contribution in [1.82, 2.24) is 9.88 Å². The highest BCUT2D eigenvalue weighted by Crippen LogP contribution is 2.33. The van der Waals surface area contributed by atoms with Crippen LogP contribution in [0.25, 0.3) is 10.9 Å². The molecule has 1 amide bonds. The van der Waals surface area contributed by atoms with E-state index in [0.29, 0.717) is 36.8 Å². The zero-order valence-corrected chi connectivity index (χ0v) is 16.9. The quantitative estimate of drug-likeness (QED) is 0.663. The number of rotatable bonds is 4. The molecule has 1 N–H and O–H groups in total. The number of para-hydroxylation sites is 1. The summed E-state index contributed by atoms with van der Waals surface area (Å²) in [6.45, 7) is 3.72. The number of halogens is 1. The lowest BCUT2D eigenvalue weighted by molar-refractivity contribution is 0.0734. The summed E-state index contributed by atoms with van der Waals surface area (Å²) in [5.41, 5.74) is 4.12. The van der Waals surface area contributed by atoms with E-state index in [1.54, 1.807) is 25.3 Å². The normalized spacial score (nSPS) is 13.5. The fourth-order valence-corrected chi connectivity index (χ4v) is 4.10. The molecular formula is C21H21BrN2O3. The number of carbonyl (C=O) groups excluding carboxylic acids is 1. The number of nitrogens with one attached hydrogen (secondary N) is 1. The maximum absolute atomic E-state index is 13.1. The minimum Gasteiger partial charge on any atom is -0.493 e. The molecule has 0 radical (unpaired) electrons. The van der Waals surface area contributed by atoms with E-state index in [2.05, 4.69) is 27.0 Å². The van der Waals surface area contributed by atoms with Crippen molar-refractivity contribution in [1.29, 1.82) is 0 Å². The molecule has 0 aliphatic carbocycles. The van der Waals surface area contributed by atoms with E-state index >= 15 is 0 Å². The second-order valence-electron chi connectivity index (χ2n) is 6.52. The molecule has 0 atom stereocenters. The van der Waals surface area contributed by atoms with E-state index in [9.17, 15) is 4.79 Å². The summed E-state index contributed by atoms with van der Waals surface area (Å²) in [7, 11) is 1.60. The number of aromatic nitrogens is 1. The Balaban J connectivity index is 1.64. The smallest absolute Gasteiger partial charge is 0.254 e. The third-order valence-electron chi connectivity index (χ3n) is 4.96. The summed E-state index contributed by atoms with van der Waals surface area (Å²) >= 11 is 3.60. The summed E-state index contributed by atoms with van der Waals surface area (Å²) in [5, 5.41) is 1.17. The standard InChI is InChI=1S/C21H21BrN2O3/c1-3-27-19-11-13(7-8-18(19)26-2)21(25)24-10-9-17-15(12-24)14-5-4-6-16(22)20(14)23-17/h4-8,11,23H,3,9-10,12H2,1-2H3. The largest absolute Gasteiger partial charge is 0.493 e. The van der Waals surface area contributed by atoms with Gasteiger partial charge in [-0.25, -0.2) is 0 Å². The summed E-state index contributed by atoms with van der Waals surface area (Å²) < 4.78 is 12.0. The highest BCUT2D eigenvalue weighted by molar-refractivity contribution is 9.10. The summed E-state index contributed by atoms with van der Waals surface area (Å²) in [4.78, 5) is 18.5. The summed E-state index contributed by atoms with van der Waals surface area (Å²) in [6.07, 6.45) is 0.816. The highest BCUT2D eigenvalue weighted by Gasteiger charge is 2.26. The summed E-state index contributed by atoms with van der Waals surface area (Å²) in [6, 6.07) is 11.5. The minimum absolute atomic E-state index is 0.00797. The van der Waals surface area contributed by atoms with Crippen molar-refractivity contribution in [2.24, 2.45) is 0 Å². The van der Waals surface area contributed by atoms with Gasteiger partial charge in [-0.05, 0) is 47.1 Å². The number of carbonyl (C=O) groups is 1. The zero-order valence-electron chi connectivity index (χ0n) is 15.3. The Labute approximate surface area is 166 Å². The second kappa shape index (κ2) is 7.27. The number of aromatic amines is 1. The van der Waals surface area contributed by atoms with Crippen molar-refractivity contribution in [3.63, 3.8) is 0 Å². The fraction of sp³-hybridized carbons (Fsp3) is 0.286. The monoisotopic (exact) mass is 428 g/mol. The van der Waals surface area contributed by atoms with Crippen molar-refractivity contribution >= 4 is 32.7 Å². The molecule has 0 fully saturated rings. The van der Waals surface area contributed by atoms with E-state index in [1.807, 2.05) is 24.0 Å². The van der Waals surface area contributed by atoms with E-state index < -0.39 is 0 Å². The predicted molar refractivity (Wildman–Crippen MR) is 109 cm³/mol. The molecule has 4 rings (SSSR count). The van der Waals surface area contributed by atoms with Crippen molar-refractivity contribution in [3.8, 4) is 11.5 Å². The number of hydrogen-bond donors (Lipinski definition) is 1. The second-order valence-corrected chi connectivity index (χ2v) is 7.37. The van der Waals surface area contributed by atoms with Gasteiger partial charge in [0.25, 0.3) is 5.91 Å². The van der Waals surface area contributed by atoms with Crippen LogP contribution in [-0.4, -0.2) is 36.1 Å². The Bertz CT molecular complexity index is 1010. The van der Waals surface area contributed by atoms with Crippen LogP contribution < -0.4 is 9.47 Å². The maximum atomic E-state index is 13.1. The molecule has 2 heterocycles. The first kappa shape index (κ1) is 17.9. The van der Waals surface area contributed by atoms with Crippen molar-refractivity contribution in [2.75, 3.05) is 20.3 Å². The molecule has 6 heteroatoms. The van der Waals surface area contributed by atoms with E-state index in [-0.39, 0.29) is 5.91 Å². The number of nitrogens with zero attached hydrogens (tertiary/aromatic N) is 1. The number of H-pyrrole nitrogens is 1. The van der Waals surface area contributed by atoms with Crippen LogP contribution in [0, 0.1) is 0 Å². The SMILES string of the molecule is CCOc1cc(C(=O)N2CCc3[nH]c4c(Br)cccc4c3C2)ccc1OC. The van der Waals surface area contributed by atoms with Gasteiger partial charge in [0.05, 0.1) is 19.2 Å². The van der Waals surface area contributed by atoms with Gasteiger partial charge in [-0.15, -0.1) is 0 Å². The average Bonchev–Trinajstić information content (AvgIpc) is 3.07. The molecule has 2 aromatic carbocycles. The predicted octanol–water partition coefficient (Wildman–Crippen LogP) is 4.54. The van der Waals surface area contributed by atoms with Crippen LogP contribution in [0.5, 0.6) is 11.5 Å². The van der Waals surface area contributed by atoms with Gasteiger partial charge in [0.2, 0.25) is 0 Å². The van der Waals surface area contributed by atoms with Gasteiger partial charge in [0.15, 0.2) is 11.5 Å². The van der Waals surface area contributed by atoms with Gasteiger partial charge in [0, 0.05) is 46.2 Å². The van der Waals surface area contributed by atoms with Crippen LogP contribution in [0.1, 0.15) is 28.5 Å². The Hall–Kier alpha value is -2.47. The molecule has 1 aliphatic heterocycles. The third-order valence-corrected chi connectivity index (χ3v) is 5.62. The molecule has 0 saturated heterocycles. The van der Waals surface area contributed by atoms with Gasteiger partial charge in [-0.2, -0.15) is 0 Å². The number of benzene rings is 2. The lowest BCUT2D eigenvalue weighted by atomic mass is 10.0. The van der Waals surface area contributed by atoms with Gasteiger partial charge in [-0.1, -0.05) is 12.1 Å². The minimum atomic E-state index is 0.00797. The first-order chi connectivity index (χ1) is 13.1. The number of hydrogen-bond acceptors (Lipinski definition) is 3. The Kier molecular flexibility index (Phi) is 4.83. The van der Waals surface area contributed by atoms with Crippen molar-refractivity contribution < 1.29 is 14.3 Å². The lowest BCUT2D eigenvalue weighted by Crippen LogP contribution is -2.35. The molecule has 5 nitrogen and oxygen atoms in total. The Morgan fingerprint density at radius 1 is 1.26 bits per heavy atom. The molecule has 0 saturated carbocycles. The third kappa shape index (κ3) is 3.18.